The van der Waals surface area contributed by atoms with E-state index in [1.54, 1.807) is 24.4 Å². The number of nitrogens with one attached hydrogen (secondary N) is 1. The first-order chi connectivity index (χ1) is 12.0. The molecule has 2 rings (SSSR count). The fraction of sp³-hybridized carbons (Fsp3) is 0.250. The Labute approximate surface area is 148 Å². The largest absolute Gasteiger partial charge is 0.484 e. The summed E-state index contributed by atoms with van der Waals surface area (Å²) in [6.07, 6.45) is 0.0585. The molecule has 0 bridgehead atoms. The molecule has 2 aromatic rings. The van der Waals surface area contributed by atoms with E-state index in [2.05, 4.69) is 10.3 Å². The monoisotopic (exact) mass is 363 g/mol. The van der Waals surface area contributed by atoms with Gasteiger partial charge in [-0.1, -0.05) is 0 Å². The van der Waals surface area contributed by atoms with Crippen LogP contribution in [-0.4, -0.2) is 36.0 Å². The van der Waals surface area contributed by atoms with Gasteiger partial charge in [0.15, 0.2) is 11.7 Å². The van der Waals surface area contributed by atoms with Crippen molar-refractivity contribution in [2.24, 2.45) is 5.73 Å². The van der Waals surface area contributed by atoms with Gasteiger partial charge in [0, 0.05) is 10.9 Å². The molecule has 132 valence electrons. The lowest BCUT2D eigenvalue weighted by atomic mass is 10.2. The van der Waals surface area contributed by atoms with Crippen LogP contribution in [0, 0.1) is 0 Å². The Morgan fingerprint density at radius 2 is 1.96 bits per heavy atom. The first-order valence-electron chi connectivity index (χ1n) is 7.40. The number of amides is 2. The summed E-state index contributed by atoms with van der Waals surface area (Å²) < 4.78 is 10.2. The van der Waals surface area contributed by atoms with Gasteiger partial charge >= 0.3 is 5.97 Å². The third-order valence-corrected chi connectivity index (χ3v) is 3.74. The quantitative estimate of drug-likeness (QED) is 0.683. The number of carbonyl (C=O) groups excluding carboxylic acids is 3. The van der Waals surface area contributed by atoms with Gasteiger partial charge in [-0.15, -0.1) is 11.3 Å². The maximum Gasteiger partial charge on any atom is 0.311 e. The second-order valence-corrected chi connectivity index (χ2v) is 5.71. The van der Waals surface area contributed by atoms with Crippen LogP contribution in [0.2, 0.25) is 0 Å². The van der Waals surface area contributed by atoms with E-state index in [4.69, 9.17) is 15.2 Å². The van der Waals surface area contributed by atoms with Crippen molar-refractivity contribution in [3.8, 4) is 5.75 Å². The van der Waals surface area contributed by atoms with E-state index in [0.29, 0.717) is 28.7 Å². The fourth-order valence-corrected chi connectivity index (χ4v) is 2.55. The zero-order chi connectivity index (χ0) is 18.2. The SMILES string of the molecule is CCOC(=O)Cc1csc(NC(=O)COc2ccc(C(N)=O)cc2)n1. The van der Waals surface area contributed by atoms with Crippen LogP contribution in [0.1, 0.15) is 23.0 Å². The van der Waals surface area contributed by atoms with Crippen molar-refractivity contribution in [2.75, 3.05) is 18.5 Å². The highest BCUT2D eigenvalue weighted by Crippen LogP contribution is 2.16. The van der Waals surface area contributed by atoms with Gasteiger partial charge in [0.25, 0.3) is 5.91 Å². The first-order valence-corrected chi connectivity index (χ1v) is 8.28. The van der Waals surface area contributed by atoms with E-state index < -0.39 is 11.8 Å². The van der Waals surface area contributed by atoms with E-state index in [-0.39, 0.29) is 19.0 Å². The number of carbonyl (C=O) groups is 3. The molecule has 0 atom stereocenters. The Morgan fingerprint density at radius 1 is 1.24 bits per heavy atom. The first kappa shape index (κ1) is 18.4. The number of nitrogens with zero attached hydrogens (tertiary/aromatic N) is 1. The summed E-state index contributed by atoms with van der Waals surface area (Å²) >= 11 is 1.21. The zero-order valence-corrected chi connectivity index (χ0v) is 14.3. The predicted octanol–water partition coefficient (Wildman–Crippen LogP) is 1.37. The molecule has 1 heterocycles. The molecular formula is C16H17N3O5S. The van der Waals surface area contributed by atoms with Crippen molar-refractivity contribution in [3.63, 3.8) is 0 Å². The Kier molecular flexibility index (Phi) is 6.47. The predicted molar refractivity (Wildman–Crippen MR) is 91.5 cm³/mol. The van der Waals surface area contributed by atoms with E-state index >= 15 is 0 Å². The molecule has 0 radical (unpaired) electrons. The Bertz CT molecular complexity index is 757. The molecule has 0 spiro atoms. The molecule has 0 aliphatic heterocycles. The number of ether oxygens (including phenoxy) is 2. The van der Waals surface area contributed by atoms with Gasteiger partial charge in [-0.3, -0.25) is 19.7 Å². The van der Waals surface area contributed by atoms with Crippen LogP contribution in [0.15, 0.2) is 29.6 Å². The topological polar surface area (TPSA) is 121 Å². The van der Waals surface area contributed by atoms with Crippen LogP contribution in [0.25, 0.3) is 0 Å². The van der Waals surface area contributed by atoms with E-state index in [9.17, 15) is 14.4 Å². The minimum atomic E-state index is -0.535. The molecule has 0 unspecified atom stereocenters. The lowest BCUT2D eigenvalue weighted by molar-refractivity contribution is -0.142. The number of hydrogen-bond acceptors (Lipinski definition) is 7. The third-order valence-electron chi connectivity index (χ3n) is 2.94. The Balaban J connectivity index is 1.81. The molecule has 8 nitrogen and oxygen atoms in total. The van der Waals surface area contributed by atoms with Crippen LogP contribution in [0.3, 0.4) is 0 Å². The molecule has 3 N–H and O–H groups in total. The Morgan fingerprint density at radius 3 is 2.60 bits per heavy atom. The van der Waals surface area contributed by atoms with Gasteiger partial charge < -0.3 is 15.2 Å². The standard InChI is InChI=1S/C16H17N3O5S/c1-2-23-14(21)7-11-9-25-16(18-11)19-13(20)8-24-12-5-3-10(4-6-12)15(17)22/h3-6,9H,2,7-8H2,1H3,(H2,17,22)(H,18,19,20). The Hall–Kier alpha value is -2.94. The summed E-state index contributed by atoms with van der Waals surface area (Å²) in [5, 5.41) is 4.63. The van der Waals surface area contributed by atoms with E-state index in [1.165, 1.54) is 23.5 Å². The molecule has 1 aromatic carbocycles. The summed E-state index contributed by atoms with van der Waals surface area (Å²) in [5.41, 5.74) is 6.03. The normalized spacial score (nSPS) is 10.1. The van der Waals surface area contributed by atoms with Crippen LogP contribution < -0.4 is 15.8 Å². The number of benzene rings is 1. The maximum absolute atomic E-state index is 11.9. The zero-order valence-electron chi connectivity index (χ0n) is 13.5. The highest BCUT2D eigenvalue weighted by atomic mass is 32.1. The smallest absolute Gasteiger partial charge is 0.311 e. The van der Waals surface area contributed by atoms with Crippen molar-refractivity contribution >= 4 is 34.3 Å². The van der Waals surface area contributed by atoms with Crippen molar-refractivity contribution in [3.05, 3.63) is 40.9 Å². The lowest BCUT2D eigenvalue weighted by Crippen LogP contribution is -2.20. The summed E-state index contributed by atoms with van der Waals surface area (Å²) in [6.45, 7) is 1.82. The molecule has 0 aliphatic rings. The summed E-state index contributed by atoms with van der Waals surface area (Å²) in [4.78, 5) is 38.3. The number of rotatable bonds is 8. The minimum Gasteiger partial charge on any atom is -0.484 e. The van der Waals surface area contributed by atoms with Gasteiger partial charge in [-0.05, 0) is 31.2 Å². The van der Waals surface area contributed by atoms with Gasteiger partial charge in [-0.2, -0.15) is 0 Å². The number of thiazole rings is 1. The molecule has 0 saturated heterocycles. The highest BCUT2D eigenvalue weighted by Gasteiger charge is 2.11. The molecule has 0 saturated carbocycles. The summed E-state index contributed by atoms with van der Waals surface area (Å²) in [7, 11) is 0. The molecular weight excluding hydrogens is 346 g/mol. The number of primary amides is 1. The van der Waals surface area contributed by atoms with Crippen LogP contribution in [0.5, 0.6) is 5.75 Å². The number of nitrogens with two attached hydrogens (primary N) is 1. The summed E-state index contributed by atoms with van der Waals surface area (Å²) in [6, 6.07) is 6.12. The summed E-state index contributed by atoms with van der Waals surface area (Å²) in [5.74, 6) is -0.863. The maximum atomic E-state index is 11.9. The second-order valence-electron chi connectivity index (χ2n) is 4.85. The van der Waals surface area contributed by atoms with Crippen molar-refractivity contribution in [2.45, 2.75) is 13.3 Å². The van der Waals surface area contributed by atoms with Gasteiger partial charge in [0.1, 0.15) is 5.75 Å². The second kappa shape index (κ2) is 8.78. The highest BCUT2D eigenvalue weighted by molar-refractivity contribution is 7.13. The van der Waals surface area contributed by atoms with Gasteiger partial charge in [0.2, 0.25) is 5.91 Å². The fourth-order valence-electron chi connectivity index (χ4n) is 1.83. The van der Waals surface area contributed by atoms with Gasteiger partial charge in [-0.25, -0.2) is 4.98 Å². The average molecular weight is 363 g/mol. The van der Waals surface area contributed by atoms with Gasteiger partial charge in [0.05, 0.1) is 18.7 Å². The molecule has 25 heavy (non-hydrogen) atoms. The number of esters is 1. The van der Waals surface area contributed by atoms with Crippen molar-refractivity contribution in [1.82, 2.24) is 4.98 Å². The molecule has 0 fully saturated rings. The number of anilines is 1. The minimum absolute atomic E-state index is 0.0585. The van der Waals surface area contributed by atoms with E-state index in [1.807, 2.05) is 0 Å². The van der Waals surface area contributed by atoms with Crippen LogP contribution >= 0.6 is 11.3 Å². The van der Waals surface area contributed by atoms with Crippen LogP contribution in [0.4, 0.5) is 5.13 Å². The lowest BCUT2D eigenvalue weighted by Gasteiger charge is -2.06. The average Bonchev–Trinajstić information content (AvgIpc) is 3.00. The number of aromatic nitrogens is 1. The number of hydrogen-bond donors (Lipinski definition) is 2. The molecule has 1 aromatic heterocycles. The molecule has 2 amide bonds. The molecule has 0 aliphatic carbocycles. The van der Waals surface area contributed by atoms with Crippen molar-refractivity contribution in [1.29, 1.82) is 0 Å². The van der Waals surface area contributed by atoms with Crippen LogP contribution in [-0.2, 0) is 20.7 Å². The van der Waals surface area contributed by atoms with E-state index in [0.717, 1.165) is 0 Å². The third kappa shape index (κ3) is 5.88. The molecule has 9 heteroatoms. The van der Waals surface area contributed by atoms with Crippen molar-refractivity contribution < 1.29 is 23.9 Å².